The molecule has 0 aliphatic heterocycles. The van der Waals surface area contributed by atoms with E-state index in [4.69, 9.17) is 4.74 Å². The molecule has 1 aliphatic rings. The number of ether oxygens (including phenoxy) is 1. The number of fused-ring (bicyclic) bond motifs is 1. The molecule has 7 heteroatoms. The van der Waals surface area contributed by atoms with Crippen LogP contribution in [-0.2, 0) is 14.9 Å². The van der Waals surface area contributed by atoms with Crippen molar-refractivity contribution in [3.63, 3.8) is 0 Å². The number of aromatic nitrogens is 4. The summed E-state index contributed by atoms with van der Waals surface area (Å²) >= 11 is 1.45. The highest BCUT2D eigenvalue weighted by atomic mass is 32.1. The molecule has 1 aliphatic carbocycles. The van der Waals surface area contributed by atoms with Gasteiger partial charge in [-0.25, -0.2) is 0 Å². The lowest BCUT2D eigenvalue weighted by Gasteiger charge is -2.26. The molecule has 0 radical (unpaired) electrons. The van der Waals surface area contributed by atoms with E-state index in [0.29, 0.717) is 25.4 Å². The number of rotatable bonds is 6. The van der Waals surface area contributed by atoms with Crippen LogP contribution in [0.15, 0.2) is 0 Å². The van der Waals surface area contributed by atoms with Gasteiger partial charge in [0.1, 0.15) is 10.4 Å². The molecule has 0 N–H and O–H groups in total. The van der Waals surface area contributed by atoms with Crippen LogP contribution >= 0.6 is 11.3 Å². The number of esters is 1. The summed E-state index contributed by atoms with van der Waals surface area (Å²) in [5.74, 6) is 1.22. The maximum atomic E-state index is 12.5. The molecule has 0 saturated heterocycles. The monoisotopic (exact) mass is 308 g/mol. The molecule has 1 fully saturated rings. The van der Waals surface area contributed by atoms with Gasteiger partial charge >= 0.3 is 5.97 Å². The van der Waals surface area contributed by atoms with E-state index >= 15 is 0 Å². The van der Waals surface area contributed by atoms with Crippen molar-refractivity contribution in [1.29, 1.82) is 0 Å². The first kappa shape index (κ1) is 14.4. The average Bonchev–Trinajstić information content (AvgIpc) is 3.10. The molecule has 6 nitrogen and oxygen atoms in total. The fourth-order valence-corrected chi connectivity index (χ4v) is 3.78. The second-order valence-electron chi connectivity index (χ2n) is 5.44. The van der Waals surface area contributed by atoms with Gasteiger partial charge in [-0.1, -0.05) is 25.2 Å². The molecular formula is C14H20N4O2S. The second-order valence-corrected chi connectivity index (χ2v) is 6.40. The molecule has 1 saturated carbocycles. The third kappa shape index (κ3) is 2.23. The molecule has 0 bridgehead atoms. The number of hydrogen-bond acceptors (Lipinski definition) is 6. The molecule has 114 valence electrons. The molecule has 0 spiro atoms. The maximum absolute atomic E-state index is 12.5. The van der Waals surface area contributed by atoms with Gasteiger partial charge in [-0.15, -0.1) is 10.2 Å². The molecule has 0 aromatic carbocycles. The summed E-state index contributed by atoms with van der Waals surface area (Å²) in [6, 6.07) is 0. The van der Waals surface area contributed by atoms with Crippen LogP contribution < -0.4 is 0 Å². The van der Waals surface area contributed by atoms with Crippen LogP contribution in [0.1, 0.15) is 63.2 Å². The standard InChI is InChI=1S/C14H20N4O2S/c1-4-14(5-2,12(19)20-6-3)11-17-18-10(9-7-8-9)15-16-13(18)21-11/h9H,4-8H2,1-3H3. The van der Waals surface area contributed by atoms with Gasteiger partial charge in [0, 0.05) is 5.92 Å². The Morgan fingerprint density at radius 3 is 2.62 bits per heavy atom. The molecule has 2 aromatic heterocycles. The Bertz CT molecular complexity index is 655. The van der Waals surface area contributed by atoms with E-state index in [2.05, 4.69) is 15.3 Å². The molecule has 0 atom stereocenters. The van der Waals surface area contributed by atoms with E-state index < -0.39 is 5.41 Å². The van der Waals surface area contributed by atoms with Crippen LogP contribution in [-0.4, -0.2) is 32.4 Å². The van der Waals surface area contributed by atoms with Gasteiger partial charge in [0.05, 0.1) is 6.61 Å². The Morgan fingerprint density at radius 2 is 2.05 bits per heavy atom. The Labute approximate surface area is 127 Å². The van der Waals surface area contributed by atoms with Crippen molar-refractivity contribution < 1.29 is 9.53 Å². The van der Waals surface area contributed by atoms with E-state index in [-0.39, 0.29) is 5.97 Å². The topological polar surface area (TPSA) is 69.4 Å². The predicted octanol–water partition coefficient (Wildman–Crippen LogP) is 2.68. The molecule has 0 amide bonds. The Kier molecular flexibility index (Phi) is 3.69. The Hall–Kier alpha value is -1.50. The summed E-state index contributed by atoms with van der Waals surface area (Å²) in [6.45, 7) is 6.23. The highest BCUT2D eigenvalue weighted by Crippen LogP contribution is 2.41. The summed E-state index contributed by atoms with van der Waals surface area (Å²) in [7, 11) is 0. The zero-order valence-electron chi connectivity index (χ0n) is 12.6. The normalized spacial score (nSPS) is 15.6. The van der Waals surface area contributed by atoms with E-state index in [0.717, 1.165) is 28.6 Å². The van der Waals surface area contributed by atoms with Crippen molar-refractivity contribution in [2.45, 2.75) is 57.8 Å². The summed E-state index contributed by atoms with van der Waals surface area (Å²) in [5.41, 5.74) is -0.664. The average molecular weight is 308 g/mol. The first-order valence-electron chi connectivity index (χ1n) is 7.56. The van der Waals surface area contributed by atoms with Crippen molar-refractivity contribution in [2.75, 3.05) is 6.61 Å². The SMILES string of the molecule is CCOC(=O)C(CC)(CC)c1nn2c(C3CC3)nnc2s1. The first-order chi connectivity index (χ1) is 10.2. The highest BCUT2D eigenvalue weighted by molar-refractivity contribution is 7.16. The van der Waals surface area contributed by atoms with E-state index in [1.54, 1.807) is 0 Å². The minimum absolute atomic E-state index is 0.187. The quantitative estimate of drug-likeness (QED) is 0.767. The molecule has 21 heavy (non-hydrogen) atoms. The number of hydrogen-bond donors (Lipinski definition) is 0. The lowest BCUT2D eigenvalue weighted by atomic mass is 9.83. The lowest BCUT2D eigenvalue weighted by Crippen LogP contribution is -2.36. The third-order valence-electron chi connectivity index (χ3n) is 4.24. The third-order valence-corrected chi connectivity index (χ3v) is 5.34. The first-order valence-corrected chi connectivity index (χ1v) is 8.37. The zero-order chi connectivity index (χ0) is 15.0. The predicted molar refractivity (Wildman–Crippen MR) is 79.5 cm³/mol. The van der Waals surface area contributed by atoms with Crippen molar-refractivity contribution in [1.82, 2.24) is 19.8 Å². The molecular weight excluding hydrogens is 288 g/mol. The van der Waals surface area contributed by atoms with E-state index in [1.807, 2.05) is 25.3 Å². The maximum Gasteiger partial charge on any atom is 0.319 e. The minimum atomic E-state index is -0.664. The summed E-state index contributed by atoms with van der Waals surface area (Å²) in [4.78, 5) is 13.2. The minimum Gasteiger partial charge on any atom is -0.465 e. The van der Waals surface area contributed by atoms with Crippen molar-refractivity contribution in [3.8, 4) is 0 Å². The second kappa shape index (κ2) is 5.36. The molecule has 3 rings (SSSR count). The van der Waals surface area contributed by atoms with Crippen LogP contribution in [0.4, 0.5) is 0 Å². The van der Waals surface area contributed by atoms with E-state index in [9.17, 15) is 4.79 Å². The van der Waals surface area contributed by atoms with Crippen LogP contribution in [0, 0.1) is 0 Å². The van der Waals surface area contributed by atoms with Crippen LogP contribution in [0.3, 0.4) is 0 Å². The molecule has 2 heterocycles. The molecule has 0 unspecified atom stereocenters. The van der Waals surface area contributed by atoms with Crippen LogP contribution in [0.2, 0.25) is 0 Å². The Balaban J connectivity index is 2.04. The van der Waals surface area contributed by atoms with Crippen molar-refractivity contribution in [3.05, 3.63) is 10.8 Å². The number of carbonyl (C=O) groups is 1. The summed E-state index contributed by atoms with van der Waals surface area (Å²) < 4.78 is 7.11. The lowest BCUT2D eigenvalue weighted by molar-refractivity contribution is -0.150. The fraction of sp³-hybridized carbons (Fsp3) is 0.714. The number of carbonyl (C=O) groups excluding carboxylic acids is 1. The highest BCUT2D eigenvalue weighted by Gasteiger charge is 2.42. The van der Waals surface area contributed by atoms with Crippen molar-refractivity contribution in [2.24, 2.45) is 0 Å². The van der Waals surface area contributed by atoms with Gasteiger partial charge in [0.2, 0.25) is 4.96 Å². The summed E-state index contributed by atoms with van der Waals surface area (Å²) in [6.07, 6.45) is 3.65. The fourth-order valence-electron chi connectivity index (χ4n) is 2.62. The van der Waals surface area contributed by atoms with Gasteiger partial charge in [0.25, 0.3) is 0 Å². The smallest absolute Gasteiger partial charge is 0.319 e. The van der Waals surface area contributed by atoms with Gasteiger partial charge in [-0.2, -0.15) is 9.61 Å². The van der Waals surface area contributed by atoms with Gasteiger partial charge < -0.3 is 4.74 Å². The van der Waals surface area contributed by atoms with Crippen LogP contribution in [0.5, 0.6) is 0 Å². The van der Waals surface area contributed by atoms with Gasteiger partial charge in [-0.05, 0) is 32.6 Å². The van der Waals surface area contributed by atoms with Gasteiger partial charge in [0.15, 0.2) is 5.82 Å². The Morgan fingerprint density at radius 1 is 1.33 bits per heavy atom. The summed E-state index contributed by atoms with van der Waals surface area (Å²) in [5, 5.41) is 13.9. The number of nitrogens with zero attached hydrogens (tertiary/aromatic N) is 4. The van der Waals surface area contributed by atoms with Crippen LogP contribution in [0.25, 0.3) is 4.96 Å². The van der Waals surface area contributed by atoms with Gasteiger partial charge in [-0.3, -0.25) is 4.79 Å². The molecule has 2 aromatic rings. The van der Waals surface area contributed by atoms with Crippen molar-refractivity contribution >= 4 is 22.3 Å². The van der Waals surface area contributed by atoms with E-state index in [1.165, 1.54) is 11.3 Å². The zero-order valence-corrected chi connectivity index (χ0v) is 13.4. The largest absolute Gasteiger partial charge is 0.465 e.